The fraction of sp³-hybridized carbons (Fsp3) is 0.233. The molecule has 0 spiro atoms. The molecular formula is C30H29ClN4O6. The van der Waals surface area contributed by atoms with E-state index in [9.17, 15) is 24.0 Å². The van der Waals surface area contributed by atoms with Gasteiger partial charge in [-0.15, -0.1) is 0 Å². The second kappa shape index (κ2) is 13.6. The summed E-state index contributed by atoms with van der Waals surface area (Å²) in [5.41, 5.74) is 0.730. The van der Waals surface area contributed by atoms with Crippen LogP contribution in [-0.2, 0) is 34.0 Å². The van der Waals surface area contributed by atoms with Crippen LogP contribution in [0.3, 0.4) is 0 Å². The summed E-state index contributed by atoms with van der Waals surface area (Å²) in [6, 6.07) is 19.9. The van der Waals surface area contributed by atoms with Crippen molar-refractivity contribution in [2.24, 2.45) is 0 Å². The van der Waals surface area contributed by atoms with Gasteiger partial charge in [0.1, 0.15) is 6.54 Å². The number of hydrogen-bond acceptors (Lipinski definition) is 6. The lowest BCUT2D eigenvalue weighted by atomic mass is 10.2. The summed E-state index contributed by atoms with van der Waals surface area (Å²) < 4.78 is 7.24. The monoisotopic (exact) mass is 576 g/mol. The van der Waals surface area contributed by atoms with E-state index in [0.29, 0.717) is 21.8 Å². The summed E-state index contributed by atoms with van der Waals surface area (Å²) in [6.07, 6.45) is 0.326. The molecule has 1 heterocycles. The smallest absolute Gasteiger partial charge is 0.338 e. The number of ether oxygens (including phenoxy) is 1. The molecule has 11 heteroatoms. The number of carbonyl (C=O) groups is 3. The van der Waals surface area contributed by atoms with Gasteiger partial charge in [-0.2, -0.15) is 0 Å². The highest BCUT2D eigenvalue weighted by Crippen LogP contribution is 2.15. The SMILES string of the molecule is CCOC(=O)c1ccc(NC(=O)Cn2c(=O)n(CCCC(=O)NCc3ccccc3Cl)c(=O)c3ccccc32)cc1. The van der Waals surface area contributed by atoms with Gasteiger partial charge in [-0.3, -0.25) is 23.5 Å². The highest BCUT2D eigenvalue weighted by Gasteiger charge is 2.16. The summed E-state index contributed by atoms with van der Waals surface area (Å²) in [5, 5.41) is 6.32. The Labute approximate surface area is 240 Å². The van der Waals surface area contributed by atoms with Gasteiger partial charge in [0, 0.05) is 30.2 Å². The number of aromatic nitrogens is 2. The van der Waals surface area contributed by atoms with Crippen molar-refractivity contribution < 1.29 is 19.1 Å². The Kier molecular flexibility index (Phi) is 9.70. The van der Waals surface area contributed by atoms with Crippen molar-refractivity contribution in [3.63, 3.8) is 0 Å². The molecule has 0 fully saturated rings. The van der Waals surface area contributed by atoms with Gasteiger partial charge in [0.15, 0.2) is 0 Å². The Hall–Kier alpha value is -4.70. The largest absolute Gasteiger partial charge is 0.462 e. The molecule has 0 saturated heterocycles. The van der Waals surface area contributed by atoms with Crippen LogP contribution in [0.2, 0.25) is 5.02 Å². The molecule has 0 aliphatic rings. The van der Waals surface area contributed by atoms with E-state index in [0.717, 1.165) is 10.1 Å². The van der Waals surface area contributed by atoms with Crippen LogP contribution in [0, 0.1) is 0 Å². The van der Waals surface area contributed by atoms with Crippen molar-refractivity contribution in [3.05, 3.63) is 110 Å². The molecule has 0 bridgehead atoms. The van der Waals surface area contributed by atoms with Crippen LogP contribution < -0.4 is 21.9 Å². The van der Waals surface area contributed by atoms with Gasteiger partial charge in [0.05, 0.1) is 23.1 Å². The van der Waals surface area contributed by atoms with Crippen molar-refractivity contribution in [2.45, 2.75) is 39.4 Å². The molecule has 0 aliphatic heterocycles. The topological polar surface area (TPSA) is 128 Å². The number of amides is 2. The number of para-hydroxylation sites is 1. The maximum absolute atomic E-state index is 13.4. The minimum atomic E-state index is -0.655. The maximum atomic E-state index is 13.4. The Morgan fingerprint density at radius 2 is 1.59 bits per heavy atom. The summed E-state index contributed by atoms with van der Waals surface area (Å²) in [7, 11) is 0. The number of halogens is 1. The summed E-state index contributed by atoms with van der Waals surface area (Å²) in [6.45, 7) is 1.87. The zero-order chi connectivity index (χ0) is 29.4. The second-order valence-electron chi connectivity index (χ2n) is 9.16. The lowest BCUT2D eigenvalue weighted by molar-refractivity contribution is -0.121. The number of hydrogen-bond donors (Lipinski definition) is 2. The molecule has 0 aliphatic carbocycles. The lowest BCUT2D eigenvalue weighted by Crippen LogP contribution is -2.42. The normalized spacial score (nSPS) is 10.8. The van der Waals surface area contributed by atoms with Gasteiger partial charge < -0.3 is 15.4 Å². The Morgan fingerprint density at radius 3 is 2.32 bits per heavy atom. The number of rotatable bonds is 11. The van der Waals surface area contributed by atoms with Gasteiger partial charge in [-0.1, -0.05) is 41.9 Å². The highest BCUT2D eigenvalue weighted by molar-refractivity contribution is 6.31. The van der Waals surface area contributed by atoms with E-state index in [-0.39, 0.29) is 50.4 Å². The van der Waals surface area contributed by atoms with Gasteiger partial charge in [0.2, 0.25) is 11.8 Å². The average molecular weight is 577 g/mol. The fourth-order valence-corrected chi connectivity index (χ4v) is 4.49. The highest BCUT2D eigenvalue weighted by atomic mass is 35.5. The van der Waals surface area contributed by atoms with Gasteiger partial charge in [-0.05, 0) is 61.4 Å². The number of nitrogens with zero attached hydrogens (tertiary/aromatic N) is 2. The van der Waals surface area contributed by atoms with Crippen LogP contribution in [-0.4, -0.2) is 33.5 Å². The van der Waals surface area contributed by atoms with Crippen LogP contribution in [0.25, 0.3) is 10.9 Å². The molecule has 4 rings (SSSR count). The van der Waals surface area contributed by atoms with Crippen LogP contribution >= 0.6 is 11.6 Å². The van der Waals surface area contributed by atoms with Crippen LogP contribution in [0.1, 0.15) is 35.7 Å². The van der Waals surface area contributed by atoms with Gasteiger partial charge in [-0.25, -0.2) is 9.59 Å². The molecule has 0 saturated carbocycles. The molecule has 0 unspecified atom stereocenters. The Bertz CT molecular complexity index is 1690. The predicted molar refractivity (Wildman–Crippen MR) is 156 cm³/mol. The van der Waals surface area contributed by atoms with E-state index in [4.69, 9.17) is 16.3 Å². The molecule has 0 radical (unpaired) electrons. The first-order valence-electron chi connectivity index (χ1n) is 13.1. The van der Waals surface area contributed by atoms with E-state index in [1.165, 1.54) is 16.7 Å². The van der Waals surface area contributed by atoms with Crippen LogP contribution in [0.4, 0.5) is 5.69 Å². The molecular weight excluding hydrogens is 548 g/mol. The lowest BCUT2D eigenvalue weighted by Gasteiger charge is -2.14. The average Bonchev–Trinajstić information content (AvgIpc) is 2.97. The van der Waals surface area contributed by atoms with Crippen LogP contribution in [0.5, 0.6) is 0 Å². The summed E-state index contributed by atoms with van der Waals surface area (Å²) >= 11 is 6.13. The number of nitrogens with one attached hydrogen (secondary N) is 2. The molecule has 3 aromatic carbocycles. The van der Waals surface area contributed by atoms with Crippen LogP contribution in [0.15, 0.2) is 82.4 Å². The summed E-state index contributed by atoms with van der Waals surface area (Å²) in [5.74, 6) is -1.21. The molecule has 4 aromatic rings. The minimum Gasteiger partial charge on any atom is -0.462 e. The molecule has 10 nitrogen and oxygen atoms in total. The zero-order valence-electron chi connectivity index (χ0n) is 22.4. The first-order chi connectivity index (χ1) is 19.8. The number of benzene rings is 3. The van der Waals surface area contributed by atoms with E-state index < -0.39 is 23.1 Å². The van der Waals surface area contributed by atoms with E-state index in [2.05, 4.69) is 10.6 Å². The van der Waals surface area contributed by atoms with E-state index >= 15 is 0 Å². The summed E-state index contributed by atoms with van der Waals surface area (Å²) in [4.78, 5) is 63.6. The van der Waals surface area contributed by atoms with Gasteiger partial charge >= 0.3 is 11.7 Å². The third-order valence-corrected chi connectivity index (χ3v) is 6.70. The van der Waals surface area contributed by atoms with Crippen molar-refractivity contribution in [1.29, 1.82) is 0 Å². The third-order valence-electron chi connectivity index (χ3n) is 6.33. The number of anilines is 1. The zero-order valence-corrected chi connectivity index (χ0v) is 23.1. The van der Waals surface area contributed by atoms with Crippen molar-refractivity contribution in [2.75, 3.05) is 11.9 Å². The molecule has 0 atom stereocenters. The quantitative estimate of drug-likeness (QED) is 0.262. The fourth-order valence-electron chi connectivity index (χ4n) is 4.29. The number of esters is 1. The van der Waals surface area contributed by atoms with E-state index in [1.54, 1.807) is 55.5 Å². The molecule has 2 N–H and O–H groups in total. The minimum absolute atomic E-state index is 0.00104. The maximum Gasteiger partial charge on any atom is 0.338 e. The van der Waals surface area contributed by atoms with Gasteiger partial charge in [0.25, 0.3) is 5.56 Å². The number of fused-ring (bicyclic) bond motifs is 1. The molecule has 1 aromatic heterocycles. The third kappa shape index (κ3) is 7.29. The first kappa shape index (κ1) is 29.3. The predicted octanol–water partition coefficient (Wildman–Crippen LogP) is 3.73. The first-order valence-corrected chi connectivity index (χ1v) is 13.5. The van der Waals surface area contributed by atoms with Crippen molar-refractivity contribution >= 4 is 46.0 Å². The van der Waals surface area contributed by atoms with E-state index in [1.807, 2.05) is 12.1 Å². The Morgan fingerprint density at radius 1 is 0.878 bits per heavy atom. The molecule has 41 heavy (non-hydrogen) atoms. The molecule has 2 amide bonds. The second-order valence-corrected chi connectivity index (χ2v) is 9.57. The Balaban J connectivity index is 1.46. The van der Waals surface area contributed by atoms with Crippen molar-refractivity contribution in [3.8, 4) is 0 Å². The standard InChI is InChI=1S/C30H29ClN4O6/c1-2-41-29(39)20-13-15-22(16-14-20)33-27(37)19-35-25-11-6-4-9-23(25)28(38)34(30(35)40)17-7-12-26(36)32-18-21-8-3-5-10-24(21)31/h3-6,8-11,13-16H,2,7,12,17-19H2,1H3,(H,32,36)(H,33,37). The number of carbonyl (C=O) groups excluding carboxylic acids is 3. The molecule has 212 valence electrons. The van der Waals surface area contributed by atoms with Crippen molar-refractivity contribution in [1.82, 2.24) is 14.5 Å².